The second-order valence-corrected chi connectivity index (χ2v) is 8.07. The molecule has 3 rings (SSSR count). The number of benzene rings is 2. The first kappa shape index (κ1) is 25.2. The molecule has 1 N–H and O–H groups in total. The van der Waals surface area contributed by atoms with Crippen LogP contribution in [-0.2, 0) is 4.79 Å². The normalized spacial score (nSPS) is 13.5. The fraction of sp³-hybridized carbons (Fsp3) is 0.360. The van der Waals surface area contributed by atoms with Gasteiger partial charge in [-0.2, -0.15) is 0 Å². The van der Waals surface area contributed by atoms with Gasteiger partial charge in [-0.3, -0.25) is 9.59 Å². The number of amides is 2. The highest BCUT2D eigenvalue weighted by Crippen LogP contribution is 2.37. The molecule has 0 bridgehead atoms. The molecule has 0 aliphatic carbocycles. The van der Waals surface area contributed by atoms with Crippen LogP contribution in [0.4, 0.5) is 5.69 Å². The van der Waals surface area contributed by atoms with Crippen molar-refractivity contribution in [3.63, 3.8) is 0 Å². The smallest absolute Gasteiger partial charge is 0.256 e. The van der Waals surface area contributed by atoms with Crippen molar-refractivity contribution in [2.45, 2.75) is 19.3 Å². The van der Waals surface area contributed by atoms with Crippen molar-refractivity contribution in [1.82, 2.24) is 4.90 Å². The van der Waals surface area contributed by atoms with Gasteiger partial charge in [-0.25, -0.2) is 0 Å². The average Bonchev–Trinajstić information content (AvgIpc) is 2.86. The SMILES string of the molecule is COc1cc(NC(=O)/C=C/c2cc(Cl)c(OC)c(OC)c2)c(C(=O)N2CCCCC2)cc1OC. The Morgan fingerprint density at radius 2 is 1.53 bits per heavy atom. The van der Waals surface area contributed by atoms with Crippen LogP contribution in [0.25, 0.3) is 6.08 Å². The number of nitrogens with one attached hydrogen (secondary N) is 1. The number of hydrogen-bond donors (Lipinski definition) is 1. The van der Waals surface area contributed by atoms with Crippen molar-refractivity contribution in [2.24, 2.45) is 0 Å². The van der Waals surface area contributed by atoms with Gasteiger partial charge in [-0.05, 0) is 49.1 Å². The molecule has 0 unspecified atom stereocenters. The van der Waals surface area contributed by atoms with Crippen LogP contribution in [-0.4, -0.2) is 58.2 Å². The van der Waals surface area contributed by atoms with E-state index < -0.39 is 5.91 Å². The zero-order valence-electron chi connectivity index (χ0n) is 19.8. The lowest BCUT2D eigenvalue weighted by Gasteiger charge is -2.28. The Bertz CT molecular complexity index is 1080. The minimum atomic E-state index is -0.425. The van der Waals surface area contributed by atoms with Gasteiger partial charge in [0.1, 0.15) is 0 Å². The molecule has 0 aromatic heterocycles. The largest absolute Gasteiger partial charge is 0.493 e. The first-order valence-corrected chi connectivity index (χ1v) is 11.3. The van der Waals surface area contributed by atoms with Crippen LogP contribution in [0.2, 0.25) is 5.02 Å². The van der Waals surface area contributed by atoms with E-state index in [1.165, 1.54) is 34.5 Å². The number of carbonyl (C=O) groups excluding carboxylic acids is 2. The number of ether oxygens (including phenoxy) is 4. The molecule has 1 heterocycles. The maximum absolute atomic E-state index is 13.2. The van der Waals surface area contributed by atoms with E-state index in [0.29, 0.717) is 57.9 Å². The summed E-state index contributed by atoms with van der Waals surface area (Å²) >= 11 is 6.24. The van der Waals surface area contributed by atoms with Crippen molar-refractivity contribution in [3.05, 3.63) is 46.5 Å². The highest BCUT2D eigenvalue weighted by Gasteiger charge is 2.24. The number of hydrogen-bond acceptors (Lipinski definition) is 6. The van der Waals surface area contributed by atoms with Crippen molar-refractivity contribution in [3.8, 4) is 23.0 Å². The molecule has 0 radical (unpaired) electrons. The molecule has 2 aromatic rings. The summed E-state index contributed by atoms with van der Waals surface area (Å²) in [5.41, 5.74) is 1.33. The molecule has 0 spiro atoms. The highest BCUT2D eigenvalue weighted by molar-refractivity contribution is 6.32. The molecule has 2 aromatic carbocycles. The molecule has 1 aliphatic rings. The number of rotatable bonds is 8. The number of nitrogens with zero attached hydrogens (tertiary/aromatic N) is 1. The van der Waals surface area contributed by atoms with Crippen LogP contribution in [0.1, 0.15) is 35.2 Å². The molecule has 182 valence electrons. The lowest BCUT2D eigenvalue weighted by molar-refractivity contribution is -0.111. The molecule has 1 saturated heterocycles. The molecule has 2 amide bonds. The Morgan fingerprint density at radius 3 is 2.15 bits per heavy atom. The van der Waals surface area contributed by atoms with Crippen LogP contribution in [0.5, 0.6) is 23.0 Å². The van der Waals surface area contributed by atoms with Gasteiger partial charge < -0.3 is 29.2 Å². The van der Waals surface area contributed by atoms with E-state index in [9.17, 15) is 9.59 Å². The minimum absolute atomic E-state index is 0.161. The molecule has 9 heteroatoms. The molecule has 0 saturated carbocycles. The third-order valence-electron chi connectivity index (χ3n) is 5.54. The predicted molar refractivity (Wildman–Crippen MR) is 132 cm³/mol. The van der Waals surface area contributed by atoms with Crippen molar-refractivity contribution in [2.75, 3.05) is 46.8 Å². The zero-order valence-corrected chi connectivity index (χ0v) is 20.5. The Kier molecular flexibility index (Phi) is 8.65. The second-order valence-electron chi connectivity index (χ2n) is 7.67. The lowest BCUT2D eigenvalue weighted by Crippen LogP contribution is -2.36. The van der Waals surface area contributed by atoms with Gasteiger partial charge in [0.25, 0.3) is 5.91 Å². The Balaban J connectivity index is 1.88. The fourth-order valence-corrected chi connectivity index (χ4v) is 4.10. The summed E-state index contributed by atoms with van der Waals surface area (Å²) in [6.45, 7) is 1.36. The number of anilines is 1. The maximum atomic E-state index is 13.2. The third-order valence-corrected chi connectivity index (χ3v) is 5.82. The van der Waals surface area contributed by atoms with E-state index in [1.54, 1.807) is 35.2 Å². The first-order chi connectivity index (χ1) is 16.4. The van der Waals surface area contributed by atoms with E-state index in [1.807, 2.05) is 0 Å². The van der Waals surface area contributed by atoms with Crippen LogP contribution >= 0.6 is 11.6 Å². The van der Waals surface area contributed by atoms with Gasteiger partial charge in [-0.1, -0.05) is 11.6 Å². The number of carbonyl (C=O) groups is 2. The number of piperidine rings is 1. The van der Waals surface area contributed by atoms with Gasteiger partial charge in [0, 0.05) is 25.2 Å². The number of likely N-dealkylation sites (tertiary alicyclic amines) is 1. The fourth-order valence-electron chi connectivity index (χ4n) is 3.81. The van der Waals surface area contributed by atoms with E-state index in [2.05, 4.69) is 5.32 Å². The monoisotopic (exact) mass is 488 g/mol. The molecule has 1 aliphatic heterocycles. The third kappa shape index (κ3) is 5.75. The topological polar surface area (TPSA) is 86.3 Å². The Hall–Kier alpha value is -3.39. The average molecular weight is 489 g/mol. The summed E-state index contributed by atoms with van der Waals surface area (Å²) < 4.78 is 21.3. The molecule has 0 atom stereocenters. The molecule has 8 nitrogen and oxygen atoms in total. The van der Waals surface area contributed by atoms with Crippen molar-refractivity contribution in [1.29, 1.82) is 0 Å². The van der Waals surface area contributed by atoms with Crippen LogP contribution in [0.3, 0.4) is 0 Å². The van der Waals surface area contributed by atoms with Crippen LogP contribution in [0.15, 0.2) is 30.3 Å². The standard InChI is InChI=1S/C25H29ClN2O6/c1-31-20-14-17(25(30)28-10-6-5-7-11-28)19(15-21(20)32-2)27-23(29)9-8-16-12-18(26)24(34-4)22(13-16)33-3/h8-9,12-15H,5-7,10-11H2,1-4H3,(H,27,29)/b9-8+. The van der Waals surface area contributed by atoms with Gasteiger partial charge in [0.05, 0.1) is 44.7 Å². The summed E-state index contributed by atoms with van der Waals surface area (Å²) in [5, 5.41) is 3.15. The summed E-state index contributed by atoms with van der Waals surface area (Å²) in [6.07, 6.45) is 5.96. The van der Waals surface area contributed by atoms with Gasteiger partial charge in [0.2, 0.25) is 5.91 Å². The summed E-state index contributed by atoms with van der Waals surface area (Å²) in [5.74, 6) is 1.10. The van der Waals surface area contributed by atoms with E-state index >= 15 is 0 Å². The zero-order chi connectivity index (χ0) is 24.7. The summed E-state index contributed by atoms with van der Waals surface area (Å²) in [7, 11) is 6.00. The number of methoxy groups -OCH3 is 4. The van der Waals surface area contributed by atoms with E-state index in [4.69, 9.17) is 30.5 Å². The van der Waals surface area contributed by atoms with Gasteiger partial charge in [-0.15, -0.1) is 0 Å². The van der Waals surface area contributed by atoms with Crippen molar-refractivity contribution >= 4 is 35.2 Å². The Labute approximate surface area is 204 Å². The maximum Gasteiger partial charge on any atom is 0.256 e. The summed E-state index contributed by atoms with van der Waals surface area (Å²) in [4.78, 5) is 27.8. The van der Waals surface area contributed by atoms with E-state index in [0.717, 1.165) is 19.3 Å². The minimum Gasteiger partial charge on any atom is -0.493 e. The molecular formula is C25H29ClN2O6. The van der Waals surface area contributed by atoms with Crippen LogP contribution in [0, 0.1) is 0 Å². The quantitative estimate of drug-likeness (QED) is 0.544. The first-order valence-electron chi connectivity index (χ1n) is 10.9. The highest BCUT2D eigenvalue weighted by atomic mass is 35.5. The van der Waals surface area contributed by atoms with Crippen molar-refractivity contribution < 1.29 is 28.5 Å². The number of halogens is 1. The van der Waals surface area contributed by atoms with Gasteiger partial charge >= 0.3 is 0 Å². The predicted octanol–water partition coefficient (Wildman–Crippen LogP) is 4.65. The van der Waals surface area contributed by atoms with Crippen LogP contribution < -0.4 is 24.3 Å². The van der Waals surface area contributed by atoms with Gasteiger partial charge in [0.15, 0.2) is 23.0 Å². The molecule has 1 fully saturated rings. The molecular weight excluding hydrogens is 460 g/mol. The summed E-state index contributed by atoms with van der Waals surface area (Å²) in [6, 6.07) is 6.56. The van der Waals surface area contributed by atoms with E-state index in [-0.39, 0.29) is 5.91 Å². The second kappa shape index (κ2) is 11.7. The lowest BCUT2D eigenvalue weighted by atomic mass is 10.1. The molecule has 34 heavy (non-hydrogen) atoms. The Morgan fingerprint density at radius 1 is 0.882 bits per heavy atom.